The lowest BCUT2D eigenvalue weighted by Crippen LogP contribution is -2.11. The van der Waals surface area contributed by atoms with Crippen LogP contribution in [0.25, 0.3) is 16.7 Å². The topological polar surface area (TPSA) is 0 Å². The molecule has 0 radical (unpaired) electrons. The third kappa shape index (κ3) is 3.56. The van der Waals surface area contributed by atoms with Crippen LogP contribution in [0.15, 0.2) is 36.4 Å². The van der Waals surface area contributed by atoms with Gasteiger partial charge in [0.25, 0.3) is 0 Å². The fourth-order valence-corrected chi connectivity index (χ4v) is 4.63. The molecule has 1 fully saturated rings. The predicted octanol–water partition coefficient (Wildman–Crippen LogP) is 7.78. The Balaban J connectivity index is 1.93. The first kappa shape index (κ1) is 18.3. The van der Waals surface area contributed by atoms with Gasteiger partial charge in [0.2, 0.25) is 0 Å². The Bertz CT molecular complexity index is 860. The Kier molecular flexibility index (Phi) is 5.38. The van der Waals surface area contributed by atoms with Crippen LogP contribution in [0, 0.1) is 17.5 Å². The van der Waals surface area contributed by atoms with Crippen LogP contribution in [-0.4, -0.2) is 0 Å². The molecule has 0 aliphatic heterocycles. The molecule has 0 N–H and O–H groups in total. The Morgan fingerprint density at radius 3 is 2.26 bits per heavy atom. The average Bonchev–Trinajstić information content (AvgIpc) is 2.71. The minimum Gasteiger partial charge on any atom is -0.206 e. The van der Waals surface area contributed by atoms with Gasteiger partial charge in [0.1, 0.15) is 5.82 Å². The second kappa shape index (κ2) is 7.92. The molecule has 2 aliphatic carbocycles. The van der Waals surface area contributed by atoms with Crippen molar-refractivity contribution in [3.05, 3.63) is 65.0 Å². The Hall–Kier alpha value is -2.03. The van der Waals surface area contributed by atoms with Gasteiger partial charge in [-0.05, 0) is 73.3 Å². The monoisotopic (exact) mass is 370 g/mol. The number of halogens is 3. The Morgan fingerprint density at radius 1 is 0.778 bits per heavy atom. The van der Waals surface area contributed by atoms with E-state index in [0.29, 0.717) is 23.1 Å². The highest BCUT2D eigenvalue weighted by molar-refractivity contribution is 5.83. The summed E-state index contributed by atoms with van der Waals surface area (Å²) in [7, 11) is 0. The van der Waals surface area contributed by atoms with Gasteiger partial charge in [0, 0.05) is 11.1 Å². The molecule has 0 bridgehead atoms. The van der Waals surface area contributed by atoms with Crippen molar-refractivity contribution in [2.24, 2.45) is 0 Å². The molecule has 1 saturated carbocycles. The van der Waals surface area contributed by atoms with Gasteiger partial charge in [-0.25, -0.2) is 13.2 Å². The van der Waals surface area contributed by atoms with Crippen molar-refractivity contribution in [1.29, 1.82) is 0 Å². The van der Waals surface area contributed by atoms with Gasteiger partial charge in [0.15, 0.2) is 11.6 Å². The van der Waals surface area contributed by atoms with E-state index in [1.165, 1.54) is 6.07 Å². The minimum atomic E-state index is -0.801. The summed E-state index contributed by atoms with van der Waals surface area (Å²) < 4.78 is 45.0. The van der Waals surface area contributed by atoms with Crippen LogP contribution in [0.2, 0.25) is 0 Å². The number of rotatable bonds is 3. The second-order valence-electron chi connectivity index (χ2n) is 7.81. The first-order chi connectivity index (χ1) is 13.2. The summed E-state index contributed by atoms with van der Waals surface area (Å²) in [6.45, 7) is 0. The van der Waals surface area contributed by atoms with Crippen molar-refractivity contribution >= 4 is 5.57 Å². The zero-order valence-electron chi connectivity index (χ0n) is 15.5. The average molecular weight is 370 g/mol. The van der Waals surface area contributed by atoms with Gasteiger partial charge in [-0.1, -0.05) is 43.5 Å². The maximum atomic E-state index is 15.3. The minimum absolute atomic E-state index is 0.0214. The molecule has 0 saturated heterocycles. The fraction of sp³-hybridized carbons (Fsp3) is 0.417. The molecule has 0 nitrogen and oxygen atoms in total. The zero-order valence-corrected chi connectivity index (χ0v) is 15.5. The van der Waals surface area contributed by atoms with Crippen LogP contribution in [-0.2, 0) is 0 Å². The molecule has 0 heterocycles. The standard InChI is InChI=1S/C24H25F3/c25-21-14-8-7-13-18(21)20-15-19(16-9-3-1-4-10-16)23(26)24(27)22(20)17-11-5-2-6-12-17/h7-8,11,13-16H,1-6,9-10,12H2. The summed E-state index contributed by atoms with van der Waals surface area (Å²) in [4.78, 5) is 0. The van der Waals surface area contributed by atoms with E-state index in [9.17, 15) is 4.39 Å². The van der Waals surface area contributed by atoms with Crippen LogP contribution in [0.1, 0.15) is 74.8 Å². The van der Waals surface area contributed by atoms with Gasteiger partial charge >= 0.3 is 0 Å². The maximum absolute atomic E-state index is 15.3. The van der Waals surface area contributed by atoms with E-state index in [4.69, 9.17) is 0 Å². The second-order valence-corrected chi connectivity index (χ2v) is 7.81. The van der Waals surface area contributed by atoms with E-state index >= 15 is 8.78 Å². The predicted molar refractivity (Wildman–Crippen MR) is 104 cm³/mol. The highest BCUT2D eigenvalue weighted by Crippen LogP contribution is 2.42. The van der Waals surface area contributed by atoms with E-state index in [0.717, 1.165) is 56.9 Å². The lowest BCUT2D eigenvalue weighted by Gasteiger charge is -2.25. The number of hydrogen-bond donors (Lipinski definition) is 0. The number of hydrogen-bond acceptors (Lipinski definition) is 0. The first-order valence-corrected chi connectivity index (χ1v) is 10.1. The summed E-state index contributed by atoms with van der Waals surface area (Å²) in [6, 6.07) is 8.16. The fourth-order valence-electron chi connectivity index (χ4n) is 4.63. The largest absolute Gasteiger partial charge is 0.206 e. The van der Waals surface area contributed by atoms with E-state index < -0.39 is 17.5 Å². The molecule has 0 atom stereocenters. The van der Waals surface area contributed by atoms with Crippen molar-refractivity contribution in [1.82, 2.24) is 0 Å². The molecule has 0 spiro atoms. The highest BCUT2D eigenvalue weighted by atomic mass is 19.2. The van der Waals surface area contributed by atoms with Crippen LogP contribution in [0.3, 0.4) is 0 Å². The number of allylic oxidation sites excluding steroid dienone is 2. The molecule has 0 aromatic heterocycles. The van der Waals surface area contributed by atoms with Gasteiger partial charge < -0.3 is 0 Å². The first-order valence-electron chi connectivity index (χ1n) is 10.1. The van der Waals surface area contributed by atoms with E-state index in [1.807, 2.05) is 6.08 Å². The third-order valence-corrected chi connectivity index (χ3v) is 6.06. The lowest BCUT2D eigenvalue weighted by atomic mass is 9.80. The molecule has 4 rings (SSSR count). The molecule has 27 heavy (non-hydrogen) atoms. The molecular formula is C24H25F3. The van der Waals surface area contributed by atoms with Crippen molar-refractivity contribution < 1.29 is 13.2 Å². The number of benzene rings is 2. The van der Waals surface area contributed by atoms with Crippen LogP contribution < -0.4 is 0 Å². The summed E-state index contributed by atoms with van der Waals surface area (Å²) in [5.41, 5.74) is 2.35. The van der Waals surface area contributed by atoms with E-state index in [1.54, 1.807) is 24.3 Å². The lowest BCUT2D eigenvalue weighted by molar-refractivity contribution is 0.417. The summed E-state index contributed by atoms with van der Waals surface area (Å²) in [6.07, 6.45) is 10.5. The van der Waals surface area contributed by atoms with Crippen molar-refractivity contribution in [2.45, 2.75) is 63.7 Å². The Labute approximate surface area is 159 Å². The molecule has 2 aromatic carbocycles. The normalized spacial score (nSPS) is 18.4. The van der Waals surface area contributed by atoms with Crippen LogP contribution in [0.4, 0.5) is 13.2 Å². The van der Waals surface area contributed by atoms with Gasteiger partial charge in [-0.15, -0.1) is 0 Å². The van der Waals surface area contributed by atoms with Crippen molar-refractivity contribution in [3.63, 3.8) is 0 Å². The molecule has 2 aromatic rings. The molecule has 0 unspecified atom stereocenters. The summed E-state index contributed by atoms with van der Waals surface area (Å²) in [5, 5.41) is 0. The zero-order chi connectivity index (χ0) is 18.8. The summed E-state index contributed by atoms with van der Waals surface area (Å²) in [5.74, 6) is -1.91. The smallest absolute Gasteiger partial charge is 0.167 e. The maximum Gasteiger partial charge on any atom is 0.167 e. The summed E-state index contributed by atoms with van der Waals surface area (Å²) >= 11 is 0. The molecule has 0 amide bonds. The molecular weight excluding hydrogens is 345 g/mol. The third-order valence-electron chi connectivity index (χ3n) is 6.06. The molecule has 2 aliphatic rings. The van der Waals surface area contributed by atoms with Crippen LogP contribution >= 0.6 is 0 Å². The molecule has 3 heteroatoms. The van der Waals surface area contributed by atoms with E-state index in [2.05, 4.69) is 0 Å². The Morgan fingerprint density at radius 2 is 1.56 bits per heavy atom. The van der Waals surface area contributed by atoms with E-state index in [-0.39, 0.29) is 11.5 Å². The van der Waals surface area contributed by atoms with Crippen LogP contribution in [0.5, 0.6) is 0 Å². The van der Waals surface area contributed by atoms with Gasteiger partial charge in [-0.2, -0.15) is 0 Å². The SMILES string of the molecule is Fc1ccccc1-c1cc(C2CCCCC2)c(F)c(F)c1C1=CCCCC1. The quantitative estimate of drug-likeness (QED) is 0.517. The highest BCUT2D eigenvalue weighted by Gasteiger charge is 2.27. The van der Waals surface area contributed by atoms with Gasteiger partial charge in [-0.3, -0.25) is 0 Å². The van der Waals surface area contributed by atoms with Crippen molar-refractivity contribution in [2.75, 3.05) is 0 Å². The molecule has 142 valence electrons. The van der Waals surface area contributed by atoms with Gasteiger partial charge in [0.05, 0.1) is 0 Å². The van der Waals surface area contributed by atoms with Crippen molar-refractivity contribution in [3.8, 4) is 11.1 Å².